The maximum Gasteiger partial charge on any atom is 0.411 e. The van der Waals surface area contributed by atoms with Crippen LogP contribution in [0.1, 0.15) is 5.56 Å². The van der Waals surface area contributed by atoms with Crippen molar-refractivity contribution in [2.75, 3.05) is 44.7 Å². The van der Waals surface area contributed by atoms with Gasteiger partial charge in [0.15, 0.2) is 0 Å². The molecule has 1 fully saturated rings. The molecule has 0 spiro atoms. The fraction of sp³-hybridized carbons (Fsp3) is 0.571. The minimum Gasteiger partial charge on any atom is -0.367 e. The molecule has 3 nitrogen and oxygen atoms in total. The number of piperazine rings is 1. The summed E-state index contributed by atoms with van der Waals surface area (Å²) in [6.45, 7) is 1.61. The Bertz CT molecular complexity index is 471. The van der Waals surface area contributed by atoms with Crippen LogP contribution in [0.2, 0.25) is 0 Å². The molecule has 1 saturated heterocycles. The minimum absolute atomic E-state index is 0.251. The summed E-state index contributed by atoms with van der Waals surface area (Å²) in [4.78, 5) is 4.10. The van der Waals surface area contributed by atoms with E-state index in [4.69, 9.17) is 0 Å². The Hall–Kier alpha value is -1.34. The van der Waals surface area contributed by atoms with E-state index < -0.39 is 18.6 Å². The lowest BCUT2D eigenvalue weighted by Gasteiger charge is -2.34. The van der Waals surface area contributed by atoms with Crippen molar-refractivity contribution in [1.82, 2.24) is 4.90 Å². The molecule has 0 amide bonds. The number of likely N-dealkylation sites (N-methyl/N-ethyl adjacent to an activating group) is 1. The van der Waals surface area contributed by atoms with E-state index in [-0.39, 0.29) is 6.61 Å². The molecule has 0 unspecified atom stereocenters. The van der Waals surface area contributed by atoms with Crippen LogP contribution in [0.5, 0.6) is 0 Å². The Morgan fingerprint density at radius 1 is 1.14 bits per heavy atom. The summed E-state index contributed by atoms with van der Waals surface area (Å²) in [5, 5.41) is 0. The second kappa shape index (κ2) is 6.62. The van der Waals surface area contributed by atoms with Crippen molar-refractivity contribution in [2.45, 2.75) is 12.8 Å². The minimum atomic E-state index is -4.36. The van der Waals surface area contributed by atoms with Crippen molar-refractivity contribution >= 4 is 5.69 Å². The highest BCUT2D eigenvalue weighted by Gasteiger charge is 2.27. The van der Waals surface area contributed by atoms with E-state index in [9.17, 15) is 17.6 Å². The number of rotatable bonds is 4. The lowest BCUT2D eigenvalue weighted by Crippen LogP contribution is -2.44. The highest BCUT2D eigenvalue weighted by Crippen LogP contribution is 2.23. The molecule has 1 aromatic rings. The Kier molecular flexibility index (Phi) is 5.05. The van der Waals surface area contributed by atoms with Gasteiger partial charge in [-0.05, 0) is 24.7 Å². The lowest BCUT2D eigenvalue weighted by atomic mass is 10.1. The van der Waals surface area contributed by atoms with E-state index in [0.717, 1.165) is 26.2 Å². The van der Waals surface area contributed by atoms with Crippen molar-refractivity contribution in [3.63, 3.8) is 0 Å². The first-order chi connectivity index (χ1) is 9.85. The van der Waals surface area contributed by atoms with Crippen LogP contribution in [-0.2, 0) is 11.3 Å². The van der Waals surface area contributed by atoms with E-state index >= 15 is 0 Å². The average molecular weight is 306 g/mol. The number of nitrogens with zero attached hydrogens (tertiary/aromatic N) is 2. The molecule has 21 heavy (non-hydrogen) atoms. The predicted molar refractivity (Wildman–Crippen MR) is 71.8 cm³/mol. The summed E-state index contributed by atoms with van der Waals surface area (Å²) in [5.74, 6) is -0.423. The molecule has 1 aromatic carbocycles. The van der Waals surface area contributed by atoms with Crippen molar-refractivity contribution in [1.29, 1.82) is 0 Å². The molecule has 0 aliphatic carbocycles. The van der Waals surface area contributed by atoms with Crippen LogP contribution in [-0.4, -0.2) is 50.9 Å². The Morgan fingerprint density at radius 2 is 1.81 bits per heavy atom. The largest absolute Gasteiger partial charge is 0.411 e. The van der Waals surface area contributed by atoms with Gasteiger partial charge in [-0.3, -0.25) is 0 Å². The first kappa shape index (κ1) is 16.0. The van der Waals surface area contributed by atoms with Crippen LogP contribution in [0.4, 0.5) is 23.2 Å². The zero-order valence-corrected chi connectivity index (χ0v) is 11.8. The number of hydrogen-bond acceptors (Lipinski definition) is 3. The van der Waals surface area contributed by atoms with Crippen LogP contribution in [0.25, 0.3) is 0 Å². The molecule has 0 atom stereocenters. The van der Waals surface area contributed by atoms with Crippen LogP contribution in [0.3, 0.4) is 0 Å². The summed E-state index contributed by atoms with van der Waals surface area (Å²) < 4.78 is 54.5. The Balaban J connectivity index is 1.94. The summed E-state index contributed by atoms with van der Waals surface area (Å²) in [6, 6.07) is 4.45. The second-order valence-corrected chi connectivity index (χ2v) is 5.18. The Morgan fingerprint density at radius 3 is 2.38 bits per heavy atom. The zero-order valence-electron chi connectivity index (χ0n) is 11.8. The molecule has 1 aliphatic heterocycles. The highest BCUT2D eigenvalue weighted by molar-refractivity contribution is 5.49. The monoisotopic (exact) mass is 306 g/mol. The molecule has 0 bridgehead atoms. The van der Waals surface area contributed by atoms with Gasteiger partial charge in [-0.25, -0.2) is 4.39 Å². The van der Waals surface area contributed by atoms with Gasteiger partial charge in [0.1, 0.15) is 12.4 Å². The average Bonchev–Trinajstić information content (AvgIpc) is 2.39. The first-order valence-electron chi connectivity index (χ1n) is 6.71. The van der Waals surface area contributed by atoms with Crippen LogP contribution in [0, 0.1) is 5.82 Å². The maximum absolute atomic E-state index is 14.1. The fourth-order valence-electron chi connectivity index (χ4n) is 2.23. The second-order valence-electron chi connectivity index (χ2n) is 5.18. The number of hydrogen-bond donors (Lipinski definition) is 0. The molecular weight excluding hydrogens is 288 g/mol. The van der Waals surface area contributed by atoms with Crippen molar-refractivity contribution in [2.24, 2.45) is 0 Å². The fourth-order valence-corrected chi connectivity index (χ4v) is 2.23. The summed E-state index contributed by atoms with van der Waals surface area (Å²) >= 11 is 0. The molecule has 0 N–H and O–H groups in total. The Labute approximate surface area is 121 Å². The van der Waals surface area contributed by atoms with E-state index in [1.165, 1.54) is 6.07 Å². The van der Waals surface area contributed by atoms with E-state index in [1.807, 2.05) is 11.9 Å². The number of benzene rings is 1. The molecule has 1 heterocycles. The third-order valence-corrected chi connectivity index (χ3v) is 3.39. The van der Waals surface area contributed by atoms with Crippen LogP contribution >= 0.6 is 0 Å². The molecular formula is C14H18F4N2O. The molecule has 118 valence electrons. The van der Waals surface area contributed by atoms with Gasteiger partial charge in [-0.2, -0.15) is 13.2 Å². The maximum atomic E-state index is 14.1. The van der Waals surface area contributed by atoms with Crippen molar-refractivity contribution in [3.8, 4) is 0 Å². The highest BCUT2D eigenvalue weighted by atomic mass is 19.4. The smallest absolute Gasteiger partial charge is 0.367 e. The summed E-state index contributed by atoms with van der Waals surface area (Å²) in [7, 11) is 2.01. The number of halogens is 4. The standard InChI is InChI=1S/C14H18F4N2O/c1-19-4-6-20(7-5-19)13-3-2-11(8-12(13)15)9-21-10-14(16,17)18/h2-3,8H,4-7,9-10H2,1H3. The first-order valence-corrected chi connectivity index (χ1v) is 6.71. The zero-order chi connectivity index (χ0) is 15.5. The predicted octanol–water partition coefficient (Wildman–Crippen LogP) is 2.66. The van der Waals surface area contributed by atoms with Gasteiger partial charge in [0.05, 0.1) is 12.3 Å². The van der Waals surface area contributed by atoms with Gasteiger partial charge in [-0.1, -0.05) is 6.07 Å². The van der Waals surface area contributed by atoms with Gasteiger partial charge in [0.2, 0.25) is 0 Å². The number of alkyl halides is 3. The summed E-state index contributed by atoms with van der Waals surface area (Å²) in [5.41, 5.74) is 0.886. The van der Waals surface area contributed by atoms with Gasteiger partial charge >= 0.3 is 6.18 Å². The van der Waals surface area contributed by atoms with E-state index in [1.54, 1.807) is 12.1 Å². The normalized spacial score (nSPS) is 17.3. The molecule has 2 rings (SSSR count). The van der Waals surface area contributed by atoms with Gasteiger partial charge in [-0.15, -0.1) is 0 Å². The van der Waals surface area contributed by atoms with Crippen LogP contribution in [0.15, 0.2) is 18.2 Å². The van der Waals surface area contributed by atoms with Crippen molar-refractivity contribution in [3.05, 3.63) is 29.6 Å². The lowest BCUT2D eigenvalue weighted by molar-refractivity contribution is -0.176. The van der Waals surface area contributed by atoms with Gasteiger partial charge in [0, 0.05) is 26.2 Å². The van der Waals surface area contributed by atoms with Gasteiger partial charge < -0.3 is 14.5 Å². The van der Waals surface area contributed by atoms with Crippen molar-refractivity contribution < 1.29 is 22.3 Å². The third kappa shape index (κ3) is 4.86. The number of ether oxygens (including phenoxy) is 1. The SMILES string of the molecule is CN1CCN(c2ccc(COCC(F)(F)F)cc2F)CC1. The molecule has 1 aliphatic rings. The number of anilines is 1. The third-order valence-electron chi connectivity index (χ3n) is 3.39. The molecule has 7 heteroatoms. The molecule has 0 saturated carbocycles. The van der Waals surface area contributed by atoms with Gasteiger partial charge in [0.25, 0.3) is 0 Å². The topological polar surface area (TPSA) is 15.7 Å². The molecule has 0 aromatic heterocycles. The molecule has 0 radical (unpaired) electrons. The van der Waals surface area contributed by atoms with Crippen LogP contribution < -0.4 is 4.90 Å². The van der Waals surface area contributed by atoms with E-state index in [2.05, 4.69) is 9.64 Å². The summed E-state index contributed by atoms with van der Waals surface area (Å²) in [6.07, 6.45) is -4.36. The van der Waals surface area contributed by atoms with E-state index in [0.29, 0.717) is 11.3 Å². The quantitative estimate of drug-likeness (QED) is 0.796.